The first-order valence-electron chi connectivity index (χ1n) is 7.97. The van der Waals surface area contributed by atoms with E-state index >= 15 is 0 Å². The molecule has 0 fully saturated rings. The maximum absolute atomic E-state index is 14.1. The highest BCUT2D eigenvalue weighted by molar-refractivity contribution is 6.55. The Morgan fingerprint density at radius 1 is 1.23 bits per heavy atom. The average Bonchev–Trinajstić information content (AvgIpc) is 3.04. The van der Waals surface area contributed by atoms with Crippen LogP contribution in [0.15, 0.2) is 59.1 Å². The van der Waals surface area contributed by atoms with Crippen molar-refractivity contribution >= 4 is 40.0 Å². The first kappa shape index (κ1) is 18.4. The third-order valence-electron chi connectivity index (χ3n) is 4.09. The van der Waals surface area contributed by atoms with Crippen molar-refractivity contribution in [3.05, 3.63) is 76.2 Å². The summed E-state index contributed by atoms with van der Waals surface area (Å²) in [6, 6.07) is 13.2. The zero-order valence-corrected chi connectivity index (χ0v) is 15.4. The minimum atomic E-state index is -0.456. The molecule has 0 bridgehead atoms. The van der Waals surface area contributed by atoms with Gasteiger partial charge in [0.1, 0.15) is 10.3 Å². The molecule has 26 heavy (non-hydrogen) atoms. The Morgan fingerprint density at radius 3 is 2.65 bits per heavy atom. The molecule has 1 N–H and O–H groups in total. The zero-order valence-electron chi connectivity index (χ0n) is 13.9. The molecule has 0 aliphatic carbocycles. The lowest BCUT2D eigenvalue weighted by Crippen LogP contribution is -2.37. The van der Waals surface area contributed by atoms with Crippen molar-refractivity contribution in [2.24, 2.45) is 0 Å². The number of benzene rings is 2. The van der Waals surface area contributed by atoms with Gasteiger partial charge in [0.05, 0.1) is 11.6 Å². The summed E-state index contributed by atoms with van der Waals surface area (Å²) in [7, 11) is 0. The topological polar surface area (TPSA) is 49.0 Å². The van der Waals surface area contributed by atoms with E-state index in [0.29, 0.717) is 10.9 Å². The van der Waals surface area contributed by atoms with E-state index in [1.54, 1.807) is 25.1 Å². The summed E-state index contributed by atoms with van der Waals surface area (Å²) >= 11 is 11.5. The summed E-state index contributed by atoms with van der Waals surface area (Å²) in [5, 5.41) is 7.68. The summed E-state index contributed by atoms with van der Waals surface area (Å²) < 4.78 is 14.1. The predicted molar refractivity (Wildman–Crippen MR) is 102 cm³/mol. The largest absolute Gasteiger partial charge is 0.327 e. The van der Waals surface area contributed by atoms with Gasteiger partial charge in [-0.3, -0.25) is 9.89 Å². The van der Waals surface area contributed by atoms with Crippen LogP contribution in [0.1, 0.15) is 23.0 Å². The van der Waals surface area contributed by atoms with E-state index in [1.165, 1.54) is 17.0 Å². The molecule has 1 aromatic heterocycles. The number of H-pyrrole nitrogens is 1. The van der Waals surface area contributed by atoms with Gasteiger partial charge in [-0.2, -0.15) is 5.10 Å². The van der Waals surface area contributed by atoms with Crippen LogP contribution in [-0.4, -0.2) is 27.0 Å². The number of fused-ring (bicyclic) bond motifs is 1. The van der Waals surface area contributed by atoms with E-state index in [9.17, 15) is 9.18 Å². The van der Waals surface area contributed by atoms with Gasteiger partial charge < -0.3 is 4.90 Å². The molecule has 1 heterocycles. The Labute approximate surface area is 160 Å². The number of aromatic nitrogens is 2. The van der Waals surface area contributed by atoms with Crippen molar-refractivity contribution in [1.29, 1.82) is 0 Å². The van der Waals surface area contributed by atoms with E-state index < -0.39 is 6.04 Å². The van der Waals surface area contributed by atoms with Crippen molar-refractivity contribution < 1.29 is 9.18 Å². The number of para-hydroxylation sites is 1. The number of hydrogen-bond acceptors (Lipinski definition) is 2. The molecule has 7 heteroatoms. The number of rotatable bonds is 5. The van der Waals surface area contributed by atoms with Gasteiger partial charge in [0.15, 0.2) is 5.69 Å². The second-order valence-corrected chi connectivity index (χ2v) is 6.85. The van der Waals surface area contributed by atoms with E-state index in [2.05, 4.69) is 10.2 Å². The van der Waals surface area contributed by atoms with E-state index in [0.717, 1.165) is 5.52 Å². The molecule has 1 atom stereocenters. The Morgan fingerprint density at radius 2 is 1.92 bits per heavy atom. The van der Waals surface area contributed by atoms with Gasteiger partial charge in [0.25, 0.3) is 5.91 Å². The Hall–Kier alpha value is -2.37. The van der Waals surface area contributed by atoms with E-state index in [1.807, 2.05) is 24.3 Å². The maximum atomic E-state index is 14.1. The second-order valence-electron chi connectivity index (χ2n) is 5.84. The van der Waals surface area contributed by atoms with Crippen molar-refractivity contribution in [2.45, 2.75) is 19.5 Å². The second kappa shape index (κ2) is 7.89. The molecule has 0 spiro atoms. The highest BCUT2D eigenvalue weighted by Crippen LogP contribution is 2.22. The number of aromatic amines is 1. The Balaban J connectivity index is 2.00. The van der Waals surface area contributed by atoms with E-state index in [4.69, 9.17) is 23.2 Å². The molecule has 0 radical (unpaired) electrons. The number of nitrogens with one attached hydrogen (secondary N) is 1. The fourth-order valence-corrected chi connectivity index (χ4v) is 3.11. The monoisotopic (exact) mass is 391 g/mol. The quantitative estimate of drug-likeness (QED) is 0.661. The number of amides is 1. The summed E-state index contributed by atoms with van der Waals surface area (Å²) in [4.78, 5) is 14.6. The third-order valence-corrected chi connectivity index (χ3v) is 4.34. The summed E-state index contributed by atoms with van der Waals surface area (Å²) in [6.07, 6.45) is 1.52. The predicted octanol–water partition coefficient (Wildman–Crippen LogP) is 5.05. The number of carbonyl (C=O) groups excluding carboxylic acids is 1. The minimum Gasteiger partial charge on any atom is -0.327 e. The van der Waals surface area contributed by atoms with Crippen LogP contribution in [0, 0.1) is 5.82 Å². The normalized spacial score (nSPS) is 12.0. The van der Waals surface area contributed by atoms with Crippen LogP contribution in [0.3, 0.4) is 0 Å². The van der Waals surface area contributed by atoms with Gasteiger partial charge in [0.2, 0.25) is 0 Å². The molecule has 3 rings (SSSR count). The van der Waals surface area contributed by atoms with Crippen LogP contribution < -0.4 is 0 Å². The highest BCUT2D eigenvalue weighted by Gasteiger charge is 2.25. The van der Waals surface area contributed by atoms with Gasteiger partial charge in [-0.15, -0.1) is 0 Å². The molecule has 3 aromatic rings. The van der Waals surface area contributed by atoms with Crippen molar-refractivity contribution in [3.8, 4) is 0 Å². The third kappa shape index (κ3) is 3.89. The molecule has 4 nitrogen and oxygen atoms in total. The van der Waals surface area contributed by atoms with Crippen molar-refractivity contribution in [1.82, 2.24) is 15.1 Å². The van der Waals surface area contributed by atoms with Gasteiger partial charge >= 0.3 is 0 Å². The fraction of sp³-hybridized carbons (Fsp3) is 0.158. The molecular weight excluding hydrogens is 376 g/mol. The van der Waals surface area contributed by atoms with Crippen molar-refractivity contribution in [3.63, 3.8) is 0 Å². The first-order valence-corrected chi connectivity index (χ1v) is 8.73. The number of halogens is 3. The van der Waals surface area contributed by atoms with Gasteiger partial charge in [0, 0.05) is 17.5 Å². The van der Waals surface area contributed by atoms with Gasteiger partial charge in [-0.25, -0.2) is 4.39 Å². The molecule has 0 saturated carbocycles. The smallest absolute Gasteiger partial charge is 0.275 e. The molecule has 1 amide bonds. The van der Waals surface area contributed by atoms with Crippen LogP contribution in [0.4, 0.5) is 4.39 Å². The van der Waals surface area contributed by atoms with Crippen molar-refractivity contribution in [2.75, 3.05) is 0 Å². The van der Waals surface area contributed by atoms with Crippen LogP contribution in [0.2, 0.25) is 0 Å². The maximum Gasteiger partial charge on any atom is 0.275 e. The summed E-state index contributed by atoms with van der Waals surface area (Å²) in [5.41, 5.74) is 1.41. The Bertz CT molecular complexity index is 966. The molecule has 0 aliphatic heterocycles. The first-order chi connectivity index (χ1) is 12.5. The fourth-order valence-electron chi connectivity index (χ4n) is 2.75. The minimum absolute atomic E-state index is 0.0377. The standard InChI is InChI=1S/C19H16Cl2FN3O/c1-12(10-17(20)21)25(11-13-6-2-4-8-15(13)22)19(26)18-14-7-3-5-9-16(14)23-24-18/h2-10,12H,11H2,1H3,(H,23,24). The van der Waals surface area contributed by atoms with Crippen LogP contribution in [0.25, 0.3) is 10.9 Å². The number of hydrogen-bond donors (Lipinski definition) is 1. The molecule has 0 aliphatic rings. The van der Waals surface area contributed by atoms with Gasteiger partial charge in [-0.1, -0.05) is 59.6 Å². The lowest BCUT2D eigenvalue weighted by Gasteiger charge is -2.27. The average molecular weight is 392 g/mol. The molecular formula is C19H16Cl2FN3O. The van der Waals surface area contributed by atoms with Crippen LogP contribution in [-0.2, 0) is 6.54 Å². The van der Waals surface area contributed by atoms with Crippen LogP contribution in [0.5, 0.6) is 0 Å². The van der Waals surface area contributed by atoms with E-state index in [-0.39, 0.29) is 28.5 Å². The van der Waals surface area contributed by atoms with Gasteiger partial charge in [-0.05, 0) is 25.1 Å². The number of nitrogens with zero attached hydrogens (tertiary/aromatic N) is 2. The zero-order chi connectivity index (χ0) is 18.7. The molecule has 2 aromatic carbocycles. The molecule has 1 unspecified atom stereocenters. The summed E-state index contributed by atoms with van der Waals surface area (Å²) in [5.74, 6) is -0.727. The highest BCUT2D eigenvalue weighted by atomic mass is 35.5. The SMILES string of the molecule is CC(C=C(Cl)Cl)N(Cc1ccccc1F)C(=O)c1n[nH]c2ccccc12. The molecule has 134 valence electrons. The lowest BCUT2D eigenvalue weighted by molar-refractivity contribution is 0.0704. The summed E-state index contributed by atoms with van der Waals surface area (Å²) in [6.45, 7) is 1.82. The molecule has 0 saturated heterocycles. The Kier molecular flexibility index (Phi) is 5.59. The lowest BCUT2D eigenvalue weighted by atomic mass is 10.1. The number of carbonyl (C=O) groups is 1. The van der Waals surface area contributed by atoms with Crippen LogP contribution >= 0.6 is 23.2 Å².